The summed E-state index contributed by atoms with van der Waals surface area (Å²) in [7, 11) is 1.59. The topological polar surface area (TPSA) is 64.4 Å². The minimum atomic E-state index is -0.370. The van der Waals surface area contributed by atoms with Crippen LogP contribution < -0.4 is 10.1 Å². The molecule has 0 saturated heterocycles. The second-order valence-corrected chi connectivity index (χ2v) is 6.01. The van der Waals surface area contributed by atoms with Gasteiger partial charge in [0.2, 0.25) is 0 Å². The number of nitrogens with zero attached hydrogens (tertiary/aromatic N) is 1. The summed E-state index contributed by atoms with van der Waals surface area (Å²) in [5.74, 6) is 2.29. The molecule has 0 spiro atoms. The standard InChI is InChI=1S/C16H24N2O3/c1-12-3-5-13(6-4-12)10-17-11-14-9-15(18(19)20)7-8-16(14)21-2/h7-9,12-13,17H,3-6,10-11H2,1-2H3. The van der Waals surface area contributed by atoms with Crippen molar-refractivity contribution in [2.24, 2.45) is 11.8 Å². The summed E-state index contributed by atoms with van der Waals surface area (Å²) in [4.78, 5) is 10.5. The lowest BCUT2D eigenvalue weighted by Gasteiger charge is -2.26. The van der Waals surface area contributed by atoms with Gasteiger partial charge in [-0.05, 0) is 37.3 Å². The molecule has 116 valence electrons. The molecule has 0 heterocycles. The highest BCUT2D eigenvalue weighted by Crippen LogP contribution is 2.28. The molecule has 5 nitrogen and oxygen atoms in total. The predicted octanol–water partition coefficient (Wildman–Crippen LogP) is 3.52. The first-order valence-corrected chi connectivity index (χ1v) is 7.62. The SMILES string of the molecule is COc1ccc([N+](=O)[O-])cc1CNCC1CCC(C)CC1. The van der Waals surface area contributed by atoms with Crippen molar-refractivity contribution < 1.29 is 9.66 Å². The third-order valence-corrected chi connectivity index (χ3v) is 4.36. The largest absolute Gasteiger partial charge is 0.496 e. The van der Waals surface area contributed by atoms with Gasteiger partial charge < -0.3 is 10.1 Å². The molecular formula is C16H24N2O3. The third-order valence-electron chi connectivity index (χ3n) is 4.36. The predicted molar refractivity (Wildman–Crippen MR) is 82.5 cm³/mol. The van der Waals surface area contributed by atoms with Crippen LogP contribution in [0.3, 0.4) is 0 Å². The van der Waals surface area contributed by atoms with Crippen LogP contribution in [0.4, 0.5) is 5.69 Å². The zero-order valence-electron chi connectivity index (χ0n) is 12.8. The Bertz CT molecular complexity index is 482. The number of nitrogens with one attached hydrogen (secondary N) is 1. The van der Waals surface area contributed by atoms with Crippen molar-refractivity contribution >= 4 is 5.69 Å². The summed E-state index contributed by atoms with van der Waals surface area (Å²) in [6, 6.07) is 4.73. The molecule has 1 fully saturated rings. The Morgan fingerprint density at radius 1 is 1.33 bits per heavy atom. The molecule has 0 atom stereocenters. The van der Waals surface area contributed by atoms with E-state index in [2.05, 4.69) is 12.2 Å². The fraction of sp³-hybridized carbons (Fsp3) is 0.625. The van der Waals surface area contributed by atoms with E-state index < -0.39 is 0 Å². The highest BCUT2D eigenvalue weighted by molar-refractivity contribution is 5.43. The Morgan fingerprint density at radius 3 is 2.67 bits per heavy atom. The van der Waals surface area contributed by atoms with E-state index in [4.69, 9.17) is 4.74 Å². The Hall–Kier alpha value is -1.62. The molecule has 0 amide bonds. The quantitative estimate of drug-likeness (QED) is 0.643. The van der Waals surface area contributed by atoms with Crippen LogP contribution in [-0.4, -0.2) is 18.6 Å². The van der Waals surface area contributed by atoms with Crippen molar-refractivity contribution in [3.05, 3.63) is 33.9 Å². The van der Waals surface area contributed by atoms with Gasteiger partial charge in [-0.15, -0.1) is 0 Å². The Morgan fingerprint density at radius 2 is 2.05 bits per heavy atom. The fourth-order valence-corrected chi connectivity index (χ4v) is 2.96. The number of benzene rings is 1. The first-order valence-electron chi connectivity index (χ1n) is 7.62. The van der Waals surface area contributed by atoms with E-state index >= 15 is 0 Å². The number of ether oxygens (including phenoxy) is 1. The number of rotatable bonds is 6. The second-order valence-electron chi connectivity index (χ2n) is 6.01. The van der Waals surface area contributed by atoms with Gasteiger partial charge in [-0.1, -0.05) is 19.8 Å². The lowest BCUT2D eigenvalue weighted by atomic mass is 9.83. The highest BCUT2D eigenvalue weighted by atomic mass is 16.6. The van der Waals surface area contributed by atoms with Crippen LogP contribution in [0.1, 0.15) is 38.2 Å². The van der Waals surface area contributed by atoms with Gasteiger partial charge in [-0.25, -0.2) is 0 Å². The Balaban J connectivity index is 1.89. The van der Waals surface area contributed by atoms with Crippen LogP contribution in [0.2, 0.25) is 0 Å². The average Bonchev–Trinajstić information content (AvgIpc) is 2.49. The van der Waals surface area contributed by atoms with Gasteiger partial charge in [0, 0.05) is 24.2 Å². The molecule has 1 aromatic carbocycles. The summed E-state index contributed by atoms with van der Waals surface area (Å²) in [5.41, 5.74) is 0.954. The summed E-state index contributed by atoms with van der Waals surface area (Å²) in [5, 5.41) is 14.3. The molecule has 1 N–H and O–H groups in total. The molecule has 1 aromatic rings. The number of nitro benzene ring substituents is 1. The molecular weight excluding hydrogens is 268 g/mol. The number of hydrogen-bond acceptors (Lipinski definition) is 4. The molecule has 2 rings (SSSR count). The van der Waals surface area contributed by atoms with Crippen LogP contribution >= 0.6 is 0 Å². The second kappa shape index (κ2) is 7.41. The normalized spacial score (nSPS) is 22.0. The van der Waals surface area contributed by atoms with Crippen LogP contribution in [0.5, 0.6) is 5.75 Å². The molecule has 1 saturated carbocycles. The van der Waals surface area contributed by atoms with Gasteiger partial charge in [0.05, 0.1) is 12.0 Å². The molecule has 5 heteroatoms. The van der Waals surface area contributed by atoms with E-state index in [1.165, 1.54) is 31.7 Å². The molecule has 21 heavy (non-hydrogen) atoms. The number of methoxy groups -OCH3 is 1. The molecule has 1 aliphatic carbocycles. The highest BCUT2D eigenvalue weighted by Gasteiger charge is 2.18. The van der Waals surface area contributed by atoms with Crippen molar-refractivity contribution in [2.75, 3.05) is 13.7 Å². The van der Waals surface area contributed by atoms with Gasteiger partial charge in [-0.3, -0.25) is 10.1 Å². The Kier molecular flexibility index (Phi) is 5.56. The molecule has 0 aliphatic heterocycles. The lowest BCUT2D eigenvalue weighted by molar-refractivity contribution is -0.384. The van der Waals surface area contributed by atoms with Crippen molar-refractivity contribution in [3.63, 3.8) is 0 Å². The van der Waals surface area contributed by atoms with Crippen LogP contribution in [0.25, 0.3) is 0 Å². The first-order chi connectivity index (χ1) is 10.1. The minimum absolute atomic E-state index is 0.110. The van der Waals surface area contributed by atoms with Crippen molar-refractivity contribution in [3.8, 4) is 5.75 Å². The molecule has 0 radical (unpaired) electrons. The van der Waals surface area contributed by atoms with Crippen LogP contribution in [0.15, 0.2) is 18.2 Å². The average molecular weight is 292 g/mol. The fourth-order valence-electron chi connectivity index (χ4n) is 2.96. The third kappa shape index (κ3) is 4.43. The smallest absolute Gasteiger partial charge is 0.270 e. The van der Waals surface area contributed by atoms with Crippen LogP contribution in [0, 0.1) is 22.0 Å². The molecule has 0 aromatic heterocycles. The maximum Gasteiger partial charge on any atom is 0.270 e. The summed E-state index contributed by atoms with van der Waals surface area (Å²) >= 11 is 0. The summed E-state index contributed by atoms with van der Waals surface area (Å²) in [6.07, 6.45) is 5.18. The number of non-ortho nitro benzene ring substituents is 1. The van der Waals surface area contributed by atoms with Gasteiger partial charge in [0.25, 0.3) is 5.69 Å². The van der Waals surface area contributed by atoms with E-state index in [-0.39, 0.29) is 10.6 Å². The lowest BCUT2D eigenvalue weighted by Crippen LogP contribution is -2.25. The van der Waals surface area contributed by atoms with Crippen LogP contribution in [-0.2, 0) is 6.54 Å². The van der Waals surface area contributed by atoms with Gasteiger partial charge >= 0.3 is 0 Å². The van der Waals surface area contributed by atoms with Gasteiger partial charge in [0.15, 0.2) is 0 Å². The van der Waals surface area contributed by atoms with E-state index in [1.54, 1.807) is 19.2 Å². The summed E-state index contributed by atoms with van der Waals surface area (Å²) in [6.45, 7) is 3.90. The van der Waals surface area contributed by atoms with Gasteiger partial charge in [0.1, 0.15) is 5.75 Å². The summed E-state index contributed by atoms with van der Waals surface area (Å²) < 4.78 is 5.27. The molecule has 1 aliphatic rings. The number of nitro groups is 1. The van der Waals surface area contributed by atoms with Crippen molar-refractivity contribution in [1.29, 1.82) is 0 Å². The maximum atomic E-state index is 10.8. The van der Waals surface area contributed by atoms with Crippen molar-refractivity contribution in [2.45, 2.75) is 39.2 Å². The first kappa shape index (κ1) is 15.8. The molecule has 0 bridgehead atoms. The van der Waals surface area contributed by atoms with E-state index in [0.717, 1.165) is 23.9 Å². The molecule has 0 unspecified atom stereocenters. The monoisotopic (exact) mass is 292 g/mol. The van der Waals surface area contributed by atoms with E-state index in [0.29, 0.717) is 12.3 Å². The minimum Gasteiger partial charge on any atom is -0.496 e. The van der Waals surface area contributed by atoms with E-state index in [9.17, 15) is 10.1 Å². The maximum absolute atomic E-state index is 10.8. The Labute approximate surface area is 125 Å². The van der Waals surface area contributed by atoms with Crippen molar-refractivity contribution in [1.82, 2.24) is 5.32 Å². The van der Waals surface area contributed by atoms with E-state index in [1.807, 2.05) is 0 Å². The zero-order chi connectivity index (χ0) is 15.2. The number of hydrogen-bond donors (Lipinski definition) is 1. The zero-order valence-corrected chi connectivity index (χ0v) is 12.8. The van der Waals surface area contributed by atoms with Gasteiger partial charge in [-0.2, -0.15) is 0 Å².